The molecule has 2 aromatic rings. The lowest BCUT2D eigenvalue weighted by molar-refractivity contribution is -0.140. The minimum Gasteiger partial charge on any atom is -0.469 e. The van der Waals surface area contributed by atoms with Gasteiger partial charge in [-0.05, 0) is 25.0 Å². The molecular weight excluding hydrogens is 443 g/mol. The number of aromatic amines is 1. The third-order valence-corrected chi connectivity index (χ3v) is 5.50. The summed E-state index contributed by atoms with van der Waals surface area (Å²) in [5.74, 6) is -0.614. The second-order valence-electron chi connectivity index (χ2n) is 6.90. The maximum absolute atomic E-state index is 14.7. The molecule has 2 N–H and O–H groups in total. The van der Waals surface area contributed by atoms with Gasteiger partial charge in [0.25, 0.3) is 0 Å². The quantitative estimate of drug-likeness (QED) is 0.480. The number of ether oxygens (including phenoxy) is 1. The van der Waals surface area contributed by atoms with E-state index in [1.807, 2.05) is 0 Å². The van der Waals surface area contributed by atoms with Crippen LogP contribution in [0.4, 0.5) is 9.18 Å². The number of fused-ring (bicyclic) bond motifs is 1. The Morgan fingerprint density at radius 2 is 2.21 bits per heavy atom. The monoisotopic (exact) mass is 466 g/mol. The van der Waals surface area contributed by atoms with E-state index in [4.69, 9.17) is 0 Å². The molecule has 1 aliphatic heterocycles. The van der Waals surface area contributed by atoms with Crippen LogP contribution in [-0.2, 0) is 16.0 Å². The maximum Gasteiger partial charge on any atom is 0.318 e. The van der Waals surface area contributed by atoms with Crippen molar-refractivity contribution in [2.45, 2.75) is 38.1 Å². The number of nitrogens with zero attached hydrogens (tertiary/aromatic N) is 2. The summed E-state index contributed by atoms with van der Waals surface area (Å²) in [6, 6.07) is 4.00. The molecule has 0 radical (unpaired) electrons. The smallest absolute Gasteiger partial charge is 0.318 e. The lowest BCUT2D eigenvalue weighted by Crippen LogP contribution is -2.46. The third kappa shape index (κ3) is 5.14. The van der Waals surface area contributed by atoms with Crippen LogP contribution in [0.3, 0.4) is 0 Å². The van der Waals surface area contributed by atoms with E-state index in [0.29, 0.717) is 41.7 Å². The Labute approximate surface area is 177 Å². The van der Waals surface area contributed by atoms with Crippen molar-refractivity contribution >= 4 is 27.9 Å². The van der Waals surface area contributed by atoms with Gasteiger partial charge in [0.05, 0.1) is 19.1 Å². The van der Waals surface area contributed by atoms with Crippen LogP contribution in [0.5, 0.6) is 0 Å². The molecule has 0 fully saturated rings. The number of rotatable bonds is 7. The van der Waals surface area contributed by atoms with Gasteiger partial charge in [0.1, 0.15) is 11.9 Å². The summed E-state index contributed by atoms with van der Waals surface area (Å²) in [5.41, 5.74) is 2.00. The lowest BCUT2D eigenvalue weighted by Gasteiger charge is -2.35. The molecule has 0 spiro atoms. The van der Waals surface area contributed by atoms with E-state index in [0.717, 1.165) is 25.0 Å². The fraction of sp³-hybridized carbons (Fsp3) is 0.450. The molecule has 29 heavy (non-hydrogen) atoms. The average Bonchev–Trinajstić information content (AvgIpc) is 3.18. The number of methoxy groups -OCH3 is 1. The normalized spacial score (nSPS) is 15.7. The number of esters is 1. The molecule has 1 aromatic heterocycles. The first-order valence-electron chi connectivity index (χ1n) is 9.59. The highest BCUT2D eigenvalue weighted by molar-refractivity contribution is 9.10. The summed E-state index contributed by atoms with van der Waals surface area (Å²) in [5, 5.41) is 2.91. The van der Waals surface area contributed by atoms with Crippen LogP contribution in [0.25, 0.3) is 0 Å². The average molecular weight is 467 g/mol. The number of aromatic nitrogens is 2. The van der Waals surface area contributed by atoms with E-state index in [-0.39, 0.29) is 17.8 Å². The number of H-pyrrole nitrogens is 1. The highest BCUT2D eigenvalue weighted by Crippen LogP contribution is 2.35. The predicted molar refractivity (Wildman–Crippen MR) is 109 cm³/mol. The SMILES string of the molecule is COC(=O)CCCCCNC(=O)N1CCc2[nH]cnc2[C@@H]1c1ccc(Br)cc1F. The van der Waals surface area contributed by atoms with Gasteiger partial charge in [0, 0.05) is 41.7 Å². The van der Waals surface area contributed by atoms with Crippen molar-refractivity contribution in [2.24, 2.45) is 0 Å². The minimum atomic E-state index is -0.586. The Bertz CT molecular complexity index is 873. The molecule has 0 saturated heterocycles. The molecule has 0 bridgehead atoms. The van der Waals surface area contributed by atoms with Crippen LogP contribution in [0.2, 0.25) is 0 Å². The van der Waals surface area contributed by atoms with E-state index in [1.54, 1.807) is 23.4 Å². The molecular formula is C20H24BrFN4O3. The van der Waals surface area contributed by atoms with E-state index in [2.05, 4.69) is 36.0 Å². The van der Waals surface area contributed by atoms with E-state index < -0.39 is 6.04 Å². The summed E-state index contributed by atoms with van der Waals surface area (Å²) >= 11 is 3.27. The number of unbranched alkanes of at least 4 members (excludes halogenated alkanes) is 2. The van der Waals surface area contributed by atoms with Crippen molar-refractivity contribution in [3.05, 3.63) is 51.8 Å². The lowest BCUT2D eigenvalue weighted by atomic mass is 9.95. The molecule has 3 rings (SSSR count). The number of nitrogens with one attached hydrogen (secondary N) is 2. The molecule has 1 aliphatic rings. The number of carbonyl (C=O) groups excluding carboxylic acids is 2. The largest absolute Gasteiger partial charge is 0.469 e. The second-order valence-corrected chi connectivity index (χ2v) is 7.81. The van der Waals surface area contributed by atoms with Gasteiger partial charge in [-0.3, -0.25) is 4.79 Å². The summed E-state index contributed by atoms with van der Waals surface area (Å²) in [6.07, 6.45) is 4.87. The van der Waals surface area contributed by atoms with Gasteiger partial charge in [0.15, 0.2) is 0 Å². The van der Waals surface area contributed by atoms with Gasteiger partial charge in [0.2, 0.25) is 0 Å². The standard InChI is InChI=1S/C20H24BrFN4O3/c1-29-17(27)5-3-2-4-9-23-20(28)26-10-8-16-18(25-12-24-16)19(26)14-7-6-13(21)11-15(14)22/h6-7,11-12,19H,2-5,8-10H2,1H3,(H,23,28)(H,24,25)/t19-/m0/s1. The van der Waals surface area contributed by atoms with Crippen molar-refractivity contribution in [1.29, 1.82) is 0 Å². The maximum atomic E-state index is 14.7. The minimum absolute atomic E-state index is 0.225. The van der Waals surface area contributed by atoms with E-state index in [9.17, 15) is 14.0 Å². The molecule has 0 unspecified atom stereocenters. The van der Waals surface area contributed by atoms with Gasteiger partial charge >= 0.3 is 12.0 Å². The summed E-state index contributed by atoms with van der Waals surface area (Å²) in [6.45, 7) is 0.947. The molecule has 9 heteroatoms. The van der Waals surface area contributed by atoms with Crippen molar-refractivity contribution in [2.75, 3.05) is 20.2 Å². The van der Waals surface area contributed by atoms with Crippen LogP contribution in [0.15, 0.2) is 29.0 Å². The van der Waals surface area contributed by atoms with Crippen LogP contribution in [0, 0.1) is 5.82 Å². The van der Waals surface area contributed by atoms with Crippen LogP contribution in [-0.4, -0.2) is 47.1 Å². The van der Waals surface area contributed by atoms with Crippen molar-refractivity contribution in [3.63, 3.8) is 0 Å². The zero-order chi connectivity index (χ0) is 20.8. The first-order chi connectivity index (χ1) is 14.0. The van der Waals surface area contributed by atoms with Crippen LogP contribution >= 0.6 is 15.9 Å². The number of amides is 2. The van der Waals surface area contributed by atoms with Gasteiger partial charge in [-0.25, -0.2) is 14.2 Å². The highest BCUT2D eigenvalue weighted by Gasteiger charge is 2.35. The molecule has 1 aromatic carbocycles. The number of imidazole rings is 1. The van der Waals surface area contributed by atoms with Gasteiger partial charge in [-0.15, -0.1) is 0 Å². The van der Waals surface area contributed by atoms with Crippen molar-refractivity contribution < 1.29 is 18.7 Å². The predicted octanol–water partition coefficient (Wildman–Crippen LogP) is 3.70. The molecule has 0 aliphatic carbocycles. The van der Waals surface area contributed by atoms with Crippen LogP contribution in [0.1, 0.15) is 48.7 Å². The number of halogens is 2. The molecule has 156 valence electrons. The van der Waals surface area contributed by atoms with Crippen molar-refractivity contribution in [3.8, 4) is 0 Å². The molecule has 2 amide bonds. The fourth-order valence-corrected chi connectivity index (χ4v) is 3.84. The fourth-order valence-electron chi connectivity index (χ4n) is 3.50. The Hall–Kier alpha value is -2.42. The topological polar surface area (TPSA) is 87.3 Å². The molecule has 0 saturated carbocycles. The van der Waals surface area contributed by atoms with E-state index in [1.165, 1.54) is 13.2 Å². The first kappa shape index (κ1) is 21.3. The van der Waals surface area contributed by atoms with E-state index >= 15 is 0 Å². The van der Waals surface area contributed by atoms with Gasteiger partial charge in [-0.1, -0.05) is 28.4 Å². The third-order valence-electron chi connectivity index (χ3n) is 5.00. The Morgan fingerprint density at radius 1 is 1.38 bits per heavy atom. The number of hydrogen-bond acceptors (Lipinski definition) is 4. The Balaban J connectivity index is 1.65. The Kier molecular flexibility index (Phi) is 7.24. The zero-order valence-corrected chi connectivity index (χ0v) is 17.8. The van der Waals surface area contributed by atoms with Crippen LogP contribution < -0.4 is 5.32 Å². The van der Waals surface area contributed by atoms with Gasteiger partial charge < -0.3 is 19.9 Å². The Morgan fingerprint density at radius 3 is 2.97 bits per heavy atom. The number of carbonyl (C=O) groups is 2. The number of hydrogen-bond donors (Lipinski definition) is 2. The summed E-state index contributed by atoms with van der Waals surface area (Å²) in [7, 11) is 1.37. The first-order valence-corrected chi connectivity index (χ1v) is 10.4. The highest BCUT2D eigenvalue weighted by atomic mass is 79.9. The molecule has 1 atom stereocenters. The summed E-state index contributed by atoms with van der Waals surface area (Å²) in [4.78, 5) is 33.0. The van der Waals surface area contributed by atoms with Gasteiger partial charge in [-0.2, -0.15) is 0 Å². The number of benzene rings is 1. The molecule has 2 heterocycles. The molecule has 7 nitrogen and oxygen atoms in total. The summed E-state index contributed by atoms with van der Waals surface area (Å²) < 4.78 is 19.9. The second kappa shape index (κ2) is 9.87. The number of urea groups is 1. The van der Waals surface area contributed by atoms with Crippen molar-refractivity contribution in [1.82, 2.24) is 20.2 Å². The zero-order valence-electron chi connectivity index (χ0n) is 16.2.